The van der Waals surface area contributed by atoms with Gasteiger partial charge in [-0.25, -0.2) is 0 Å². The van der Waals surface area contributed by atoms with E-state index in [9.17, 15) is 5.11 Å². The minimum atomic E-state index is -0.977. The van der Waals surface area contributed by atoms with Crippen molar-refractivity contribution in [2.45, 2.75) is 38.7 Å². The first-order valence-electron chi connectivity index (χ1n) is 8.46. The summed E-state index contributed by atoms with van der Waals surface area (Å²) in [6.45, 7) is 7.61. The number of pyridine rings is 2. The van der Waals surface area contributed by atoms with Crippen molar-refractivity contribution in [3.05, 3.63) is 60.2 Å². The standard InChI is InChI=1S/C19H27N3O/c1-3-22(4-2)16-6-5-11-19(23,17-7-12-20-13-8-17)18-9-14-21-15-10-18/h7-10,12-15,23H,3-6,11,16H2,1-2H3. The molecule has 4 nitrogen and oxygen atoms in total. The Labute approximate surface area is 139 Å². The van der Waals surface area contributed by atoms with Crippen molar-refractivity contribution in [1.29, 1.82) is 0 Å². The Hall–Kier alpha value is -1.78. The Bertz CT molecular complexity index is 516. The maximum atomic E-state index is 11.4. The molecule has 2 aromatic heterocycles. The topological polar surface area (TPSA) is 49.2 Å². The normalized spacial score (nSPS) is 11.8. The molecule has 0 aliphatic rings. The van der Waals surface area contributed by atoms with E-state index in [4.69, 9.17) is 0 Å². The van der Waals surface area contributed by atoms with E-state index in [1.165, 1.54) is 0 Å². The van der Waals surface area contributed by atoms with E-state index in [1.54, 1.807) is 24.8 Å². The monoisotopic (exact) mass is 313 g/mol. The zero-order chi connectivity index (χ0) is 16.5. The van der Waals surface area contributed by atoms with Gasteiger partial charge in [0.25, 0.3) is 0 Å². The number of unbranched alkanes of at least 4 members (excludes halogenated alkanes) is 1. The van der Waals surface area contributed by atoms with Gasteiger partial charge in [0.15, 0.2) is 0 Å². The van der Waals surface area contributed by atoms with Crippen LogP contribution in [0.4, 0.5) is 0 Å². The maximum absolute atomic E-state index is 11.4. The molecule has 0 aliphatic carbocycles. The molecule has 124 valence electrons. The van der Waals surface area contributed by atoms with Crippen LogP contribution < -0.4 is 0 Å². The summed E-state index contributed by atoms with van der Waals surface area (Å²) in [6, 6.07) is 7.57. The number of nitrogens with zero attached hydrogens (tertiary/aromatic N) is 3. The average molecular weight is 313 g/mol. The Kier molecular flexibility index (Phi) is 6.68. The quantitative estimate of drug-likeness (QED) is 0.722. The smallest absolute Gasteiger partial charge is 0.115 e. The first kappa shape index (κ1) is 17.6. The molecule has 0 radical (unpaired) electrons. The van der Waals surface area contributed by atoms with E-state index in [-0.39, 0.29) is 0 Å². The Morgan fingerprint density at radius 1 is 0.870 bits per heavy atom. The van der Waals surface area contributed by atoms with Crippen molar-refractivity contribution in [3.63, 3.8) is 0 Å². The summed E-state index contributed by atoms with van der Waals surface area (Å²) in [5.41, 5.74) is 0.804. The lowest BCUT2D eigenvalue weighted by molar-refractivity contribution is 0.0669. The molecule has 2 rings (SSSR count). The van der Waals surface area contributed by atoms with Gasteiger partial charge in [-0.05, 0) is 74.3 Å². The van der Waals surface area contributed by atoms with Crippen molar-refractivity contribution >= 4 is 0 Å². The molecule has 4 heteroatoms. The highest BCUT2D eigenvalue weighted by Gasteiger charge is 2.30. The molecule has 0 amide bonds. The molecule has 0 aliphatic heterocycles. The lowest BCUT2D eigenvalue weighted by atomic mass is 9.83. The fourth-order valence-corrected chi connectivity index (χ4v) is 2.97. The predicted molar refractivity (Wildman–Crippen MR) is 93.1 cm³/mol. The molecule has 0 fully saturated rings. The van der Waals surface area contributed by atoms with Gasteiger partial charge in [-0.1, -0.05) is 13.8 Å². The third kappa shape index (κ3) is 4.60. The largest absolute Gasteiger partial charge is 0.380 e. The maximum Gasteiger partial charge on any atom is 0.115 e. The molecule has 0 saturated carbocycles. The molecule has 0 spiro atoms. The molecule has 0 aromatic carbocycles. The summed E-state index contributed by atoms with van der Waals surface area (Å²) in [4.78, 5) is 10.5. The van der Waals surface area contributed by atoms with Gasteiger partial charge in [0.05, 0.1) is 0 Å². The van der Waals surface area contributed by atoms with Crippen molar-refractivity contribution < 1.29 is 5.11 Å². The van der Waals surface area contributed by atoms with Gasteiger partial charge < -0.3 is 10.0 Å². The highest BCUT2D eigenvalue weighted by atomic mass is 16.3. The highest BCUT2D eigenvalue weighted by molar-refractivity contribution is 5.33. The van der Waals surface area contributed by atoms with E-state index in [0.717, 1.165) is 43.6 Å². The van der Waals surface area contributed by atoms with Crippen LogP contribution in [0.25, 0.3) is 0 Å². The van der Waals surface area contributed by atoms with Gasteiger partial charge in [-0.3, -0.25) is 9.97 Å². The molecule has 2 aromatic rings. The summed E-state index contributed by atoms with van der Waals surface area (Å²) in [6.07, 6.45) is 9.68. The van der Waals surface area contributed by atoms with Crippen LogP contribution in [0.3, 0.4) is 0 Å². The van der Waals surface area contributed by atoms with Crippen LogP contribution in [0.2, 0.25) is 0 Å². The first-order valence-corrected chi connectivity index (χ1v) is 8.46. The van der Waals surface area contributed by atoms with E-state index < -0.39 is 5.60 Å². The second-order valence-corrected chi connectivity index (χ2v) is 5.82. The SMILES string of the molecule is CCN(CC)CCCCC(O)(c1ccncc1)c1ccncc1. The molecule has 0 unspecified atom stereocenters. The van der Waals surface area contributed by atoms with Crippen LogP contribution in [0.1, 0.15) is 44.2 Å². The molecular weight excluding hydrogens is 286 g/mol. The molecular formula is C19H27N3O. The number of hydrogen-bond acceptors (Lipinski definition) is 4. The minimum Gasteiger partial charge on any atom is -0.380 e. The van der Waals surface area contributed by atoms with E-state index in [1.807, 2.05) is 24.3 Å². The summed E-state index contributed by atoms with van der Waals surface area (Å²) in [5, 5.41) is 11.4. The van der Waals surface area contributed by atoms with Crippen molar-refractivity contribution in [2.75, 3.05) is 19.6 Å². The van der Waals surface area contributed by atoms with Gasteiger partial charge >= 0.3 is 0 Å². The lowest BCUT2D eigenvalue weighted by Gasteiger charge is -2.29. The van der Waals surface area contributed by atoms with Gasteiger partial charge in [0.2, 0.25) is 0 Å². The van der Waals surface area contributed by atoms with E-state index in [2.05, 4.69) is 28.7 Å². The van der Waals surface area contributed by atoms with Crippen LogP contribution in [0.5, 0.6) is 0 Å². The Balaban J connectivity index is 2.10. The molecule has 0 atom stereocenters. The fourth-order valence-electron chi connectivity index (χ4n) is 2.97. The predicted octanol–water partition coefficient (Wildman–Crippen LogP) is 3.22. The van der Waals surface area contributed by atoms with Crippen molar-refractivity contribution in [2.24, 2.45) is 0 Å². The third-order valence-electron chi connectivity index (χ3n) is 4.47. The number of aromatic nitrogens is 2. The first-order chi connectivity index (χ1) is 11.2. The minimum absolute atomic E-state index is 0.697. The summed E-state index contributed by atoms with van der Waals surface area (Å²) in [5.74, 6) is 0. The van der Waals surface area contributed by atoms with Crippen LogP contribution in [0, 0.1) is 0 Å². The van der Waals surface area contributed by atoms with Crippen LogP contribution in [0.15, 0.2) is 49.1 Å². The zero-order valence-corrected chi connectivity index (χ0v) is 14.2. The van der Waals surface area contributed by atoms with Crippen molar-refractivity contribution in [1.82, 2.24) is 14.9 Å². The van der Waals surface area contributed by atoms with Crippen LogP contribution in [-0.4, -0.2) is 39.6 Å². The number of hydrogen-bond donors (Lipinski definition) is 1. The second-order valence-electron chi connectivity index (χ2n) is 5.82. The number of aliphatic hydroxyl groups is 1. The highest BCUT2D eigenvalue weighted by Crippen LogP contribution is 2.33. The second kappa shape index (κ2) is 8.75. The molecule has 23 heavy (non-hydrogen) atoms. The summed E-state index contributed by atoms with van der Waals surface area (Å²) < 4.78 is 0. The van der Waals surface area contributed by atoms with Gasteiger partial charge in [-0.15, -0.1) is 0 Å². The van der Waals surface area contributed by atoms with Gasteiger partial charge in [0.1, 0.15) is 5.60 Å². The fraction of sp³-hybridized carbons (Fsp3) is 0.474. The summed E-state index contributed by atoms with van der Waals surface area (Å²) in [7, 11) is 0. The van der Waals surface area contributed by atoms with Crippen molar-refractivity contribution in [3.8, 4) is 0 Å². The van der Waals surface area contributed by atoms with E-state index >= 15 is 0 Å². The molecule has 0 saturated heterocycles. The third-order valence-corrected chi connectivity index (χ3v) is 4.47. The Morgan fingerprint density at radius 2 is 1.35 bits per heavy atom. The Morgan fingerprint density at radius 3 is 1.78 bits per heavy atom. The van der Waals surface area contributed by atoms with E-state index in [0.29, 0.717) is 6.42 Å². The van der Waals surface area contributed by atoms with Gasteiger partial charge in [0, 0.05) is 24.8 Å². The molecule has 1 N–H and O–H groups in total. The lowest BCUT2D eigenvalue weighted by Crippen LogP contribution is -2.28. The molecule has 2 heterocycles. The van der Waals surface area contributed by atoms with Crippen LogP contribution in [-0.2, 0) is 5.60 Å². The average Bonchev–Trinajstić information content (AvgIpc) is 2.63. The number of rotatable bonds is 9. The van der Waals surface area contributed by atoms with Gasteiger partial charge in [-0.2, -0.15) is 0 Å². The molecule has 0 bridgehead atoms. The summed E-state index contributed by atoms with van der Waals surface area (Å²) >= 11 is 0. The zero-order valence-electron chi connectivity index (χ0n) is 14.2. The van der Waals surface area contributed by atoms with Crippen LogP contribution >= 0.6 is 0 Å².